The third kappa shape index (κ3) is 12.0. The third-order valence-electron chi connectivity index (χ3n) is 7.69. The zero-order valence-electron chi connectivity index (χ0n) is 30.0. The lowest BCUT2D eigenvalue weighted by Crippen LogP contribution is -2.34. The molecule has 0 atom stereocenters. The van der Waals surface area contributed by atoms with Gasteiger partial charge in [-0.1, -0.05) is 48.5 Å². The monoisotopic (exact) mass is 810 g/mol. The zero-order valence-corrected chi connectivity index (χ0v) is 31.6. The highest BCUT2D eigenvalue weighted by Crippen LogP contribution is 2.32. The number of carbonyl (C=O) groups excluding carboxylic acids is 3. The molecule has 0 spiro atoms. The normalized spacial score (nSPS) is 11.2. The minimum absolute atomic E-state index is 0.0282. The van der Waals surface area contributed by atoms with Gasteiger partial charge in [-0.25, -0.2) is 25.6 Å². The van der Waals surface area contributed by atoms with Crippen LogP contribution in [0.2, 0.25) is 0 Å². The molecule has 3 N–H and O–H groups in total. The molecule has 0 saturated carbocycles. The largest absolute Gasteiger partial charge is 0.495 e. The lowest BCUT2D eigenvalue weighted by molar-refractivity contribution is -0.131. The quantitative estimate of drug-likeness (QED) is 0.122. The molecule has 0 saturated heterocycles. The number of alkyl halides is 2. The second-order valence-electron chi connectivity index (χ2n) is 11.6. The van der Waals surface area contributed by atoms with Gasteiger partial charge in [-0.15, -0.1) is 0 Å². The first-order valence-corrected chi connectivity index (χ1v) is 19.6. The molecule has 0 aliphatic heterocycles. The lowest BCUT2D eigenvalue weighted by Gasteiger charge is -2.24. The summed E-state index contributed by atoms with van der Waals surface area (Å²) in [5, 5.41) is 1.74. The number of ether oxygens (including phenoxy) is 2. The number of carbonyl (C=O) groups is 3. The molecule has 1 amide bonds. The van der Waals surface area contributed by atoms with Gasteiger partial charge < -0.3 is 20.5 Å². The molecule has 4 rings (SSSR count). The van der Waals surface area contributed by atoms with Crippen LogP contribution in [0.25, 0.3) is 0 Å². The number of methoxy groups -OCH3 is 2. The van der Waals surface area contributed by atoms with E-state index in [1.54, 1.807) is 47.8 Å². The van der Waals surface area contributed by atoms with Gasteiger partial charge >= 0.3 is 6.43 Å². The summed E-state index contributed by atoms with van der Waals surface area (Å²) in [5.74, 6) is -3.71. The van der Waals surface area contributed by atoms with Crippen molar-refractivity contribution in [2.24, 2.45) is 5.73 Å². The molecule has 13 nitrogen and oxygen atoms in total. The van der Waals surface area contributed by atoms with Crippen LogP contribution >= 0.6 is 0 Å². The summed E-state index contributed by atoms with van der Waals surface area (Å²) in [7, 11) is -4.72. The smallest absolute Gasteiger partial charge is 0.315 e. The molecule has 55 heavy (non-hydrogen) atoms. The van der Waals surface area contributed by atoms with E-state index in [0.29, 0.717) is 11.4 Å². The summed E-state index contributed by atoms with van der Waals surface area (Å²) < 4.78 is 115. The van der Waals surface area contributed by atoms with Gasteiger partial charge in [0.1, 0.15) is 23.1 Å². The fourth-order valence-electron chi connectivity index (χ4n) is 4.91. The second-order valence-corrected chi connectivity index (χ2v) is 15.4. The Morgan fingerprint density at radius 3 is 1.44 bits per heavy atom. The first-order chi connectivity index (χ1) is 25.8. The maximum atomic E-state index is 14.6. The summed E-state index contributed by atoms with van der Waals surface area (Å²) >= 11 is 0. The lowest BCUT2D eigenvalue weighted by atomic mass is 10.1. The topological polar surface area (TPSA) is 182 Å². The Morgan fingerprint density at radius 2 is 1.09 bits per heavy atom. The number of anilines is 2. The highest BCUT2D eigenvalue weighted by atomic mass is 32.2. The van der Waals surface area contributed by atoms with Crippen LogP contribution < -0.4 is 29.1 Å². The summed E-state index contributed by atoms with van der Waals surface area (Å²) in [6, 6.07) is 20.0. The highest BCUT2D eigenvalue weighted by Gasteiger charge is 2.25. The minimum Gasteiger partial charge on any atom is -0.495 e. The van der Waals surface area contributed by atoms with Crippen molar-refractivity contribution < 1.29 is 58.3 Å². The minimum atomic E-state index is -3.82. The maximum Gasteiger partial charge on any atom is 0.315 e. The number of rotatable bonds is 16. The van der Waals surface area contributed by atoms with E-state index in [0.717, 1.165) is 33.3 Å². The van der Waals surface area contributed by atoms with Gasteiger partial charge in [-0.3, -0.25) is 23.0 Å². The number of nitrogens with zero attached hydrogens (tertiary/aromatic N) is 2. The van der Waals surface area contributed by atoms with Gasteiger partial charge in [-0.05, 0) is 36.4 Å². The Kier molecular flexibility index (Phi) is 15.3. The van der Waals surface area contributed by atoms with Crippen LogP contribution in [0.15, 0.2) is 84.9 Å². The number of nitrogens with one attached hydrogen (secondary N) is 1. The number of hydrogen-bond donors (Lipinski definition) is 2. The molecule has 0 fully saturated rings. The molecule has 0 aliphatic rings. The molecular weight excluding hydrogens is 773 g/mol. The summed E-state index contributed by atoms with van der Waals surface area (Å²) in [5.41, 5.74) is 5.86. The van der Waals surface area contributed by atoms with Crippen molar-refractivity contribution in [3.63, 3.8) is 0 Å². The second kappa shape index (κ2) is 19.2. The van der Waals surface area contributed by atoms with Gasteiger partial charge in [0.25, 0.3) is 5.91 Å². The third-order valence-corrected chi connectivity index (χ3v) is 9.95. The molecule has 4 aromatic rings. The van der Waals surface area contributed by atoms with E-state index in [9.17, 15) is 48.8 Å². The van der Waals surface area contributed by atoms with Gasteiger partial charge in [0.05, 0.1) is 64.3 Å². The van der Waals surface area contributed by atoms with E-state index in [1.807, 2.05) is 0 Å². The van der Waals surface area contributed by atoms with Crippen molar-refractivity contribution >= 4 is 48.9 Å². The fraction of sp³-hybridized carbons (Fsp3) is 0.250. The predicted molar refractivity (Wildman–Crippen MR) is 198 cm³/mol. The SMILES string of the molecule is COc1ccccc1N(Cc1ccc(C(=O)CN)cc1F)S(C)(=O)=O.COc1ccccc1N(Cc1ccc(C(=O)CNC(=O)C(F)F)cc1F)S(C)(=O)=O. The van der Waals surface area contributed by atoms with Crippen LogP contribution in [0.3, 0.4) is 0 Å². The number of benzene rings is 4. The predicted octanol–water partition coefficient (Wildman–Crippen LogP) is 4.31. The van der Waals surface area contributed by atoms with Gasteiger partial charge in [0.15, 0.2) is 11.6 Å². The number of amides is 1. The Balaban J connectivity index is 0.000000300. The molecule has 0 bridgehead atoms. The van der Waals surface area contributed by atoms with Gasteiger partial charge in [0.2, 0.25) is 20.0 Å². The number of para-hydroxylation sites is 4. The van der Waals surface area contributed by atoms with E-state index in [4.69, 9.17) is 15.2 Å². The number of hydrogen-bond acceptors (Lipinski definition) is 10. The average Bonchev–Trinajstić information content (AvgIpc) is 3.14. The molecule has 0 heterocycles. The van der Waals surface area contributed by atoms with Crippen molar-refractivity contribution in [1.29, 1.82) is 0 Å². The van der Waals surface area contributed by atoms with Gasteiger partial charge in [-0.2, -0.15) is 8.78 Å². The molecule has 0 aliphatic carbocycles. The van der Waals surface area contributed by atoms with E-state index in [-0.39, 0.29) is 53.3 Å². The molecule has 296 valence electrons. The number of halogens is 4. The average molecular weight is 811 g/mol. The fourth-order valence-corrected chi connectivity index (χ4v) is 6.67. The van der Waals surface area contributed by atoms with E-state index < -0.39 is 62.1 Å². The number of nitrogens with two attached hydrogens (primary N) is 1. The van der Waals surface area contributed by atoms with Gasteiger partial charge in [0, 0.05) is 22.3 Å². The summed E-state index contributed by atoms with van der Waals surface area (Å²) in [4.78, 5) is 34.4. The zero-order chi connectivity index (χ0) is 41.1. The van der Waals surface area contributed by atoms with Crippen LogP contribution in [-0.2, 0) is 37.9 Å². The van der Waals surface area contributed by atoms with E-state index in [2.05, 4.69) is 0 Å². The summed E-state index contributed by atoms with van der Waals surface area (Å²) in [6.07, 6.45) is -1.28. The summed E-state index contributed by atoms with van der Waals surface area (Å²) in [6.45, 7) is -1.56. The molecule has 0 aromatic heterocycles. The van der Waals surface area contributed by atoms with Crippen molar-refractivity contribution in [3.8, 4) is 11.5 Å². The Labute approximate surface area is 315 Å². The first kappa shape index (κ1) is 43.9. The number of Topliss-reactive ketones (excluding diaryl/α,β-unsaturated/α-hetero) is 2. The molecule has 0 radical (unpaired) electrons. The van der Waals surface area contributed by atoms with Crippen molar-refractivity contribution in [1.82, 2.24) is 5.32 Å². The molecule has 4 aromatic carbocycles. The molecule has 19 heteroatoms. The molecular formula is C36H38F4N4O9S2. The Morgan fingerprint density at radius 1 is 0.691 bits per heavy atom. The number of sulfonamides is 2. The van der Waals surface area contributed by atoms with Crippen molar-refractivity contribution in [2.45, 2.75) is 19.5 Å². The standard InChI is InChI=1S/C19H19F3N2O5S.C17H19FN2O4S/c1-29-17-6-4-3-5-15(17)24(30(2,27)28)11-13-8-7-12(9-14(13)20)16(25)10-23-19(26)18(21)22;1-24-17-6-4-3-5-15(17)20(25(2,22)23)11-13-8-7-12(9-14(13)18)16(21)10-19/h3-9,18H,10-11H2,1-2H3,(H,23,26);3-9H,10-11,19H2,1-2H3. The maximum absolute atomic E-state index is 14.6. The van der Waals surface area contributed by atoms with Crippen LogP contribution in [0, 0.1) is 11.6 Å². The number of ketones is 2. The van der Waals surface area contributed by atoms with Crippen LogP contribution in [0.5, 0.6) is 11.5 Å². The van der Waals surface area contributed by atoms with Crippen molar-refractivity contribution in [2.75, 3.05) is 48.4 Å². The van der Waals surface area contributed by atoms with Crippen LogP contribution in [-0.4, -0.2) is 80.6 Å². The van der Waals surface area contributed by atoms with E-state index in [1.165, 1.54) is 44.6 Å². The molecule has 0 unspecified atom stereocenters. The van der Waals surface area contributed by atoms with Crippen molar-refractivity contribution in [3.05, 3.63) is 119 Å². The van der Waals surface area contributed by atoms with Crippen LogP contribution in [0.4, 0.5) is 28.9 Å². The highest BCUT2D eigenvalue weighted by molar-refractivity contribution is 7.92. The Bertz CT molecular complexity index is 2240. The first-order valence-electron chi connectivity index (χ1n) is 15.9. The van der Waals surface area contributed by atoms with Crippen LogP contribution in [0.1, 0.15) is 31.8 Å². The van der Waals surface area contributed by atoms with E-state index >= 15 is 0 Å². The Hall–Kier alpha value is -5.53.